The highest BCUT2D eigenvalue weighted by Gasteiger charge is 2.26. The fourth-order valence-corrected chi connectivity index (χ4v) is 4.13. The van der Waals surface area contributed by atoms with Gasteiger partial charge in [-0.2, -0.15) is 0 Å². The lowest BCUT2D eigenvalue weighted by Crippen LogP contribution is -2.43. The topological polar surface area (TPSA) is 75.3 Å². The average Bonchev–Trinajstić information content (AvgIpc) is 2.37. The van der Waals surface area contributed by atoms with E-state index in [9.17, 15) is 13.2 Å². The van der Waals surface area contributed by atoms with Gasteiger partial charge < -0.3 is 10.6 Å². The number of anilines is 1. The molecule has 5 nitrogen and oxygen atoms in total. The van der Waals surface area contributed by atoms with Gasteiger partial charge in [0.2, 0.25) is 0 Å². The van der Waals surface area contributed by atoms with Crippen molar-refractivity contribution >= 4 is 33.0 Å². The Morgan fingerprint density at radius 3 is 2.80 bits per heavy atom. The number of carbonyl (C=O) groups excluding carboxylic acids is 1. The van der Waals surface area contributed by atoms with Crippen LogP contribution in [0.25, 0.3) is 0 Å². The van der Waals surface area contributed by atoms with Crippen molar-refractivity contribution in [1.29, 1.82) is 0 Å². The molecule has 7 heteroatoms. The lowest BCUT2D eigenvalue weighted by Gasteiger charge is -2.23. The first-order chi connectivity index (χ1) is 9.41. The minimum atomic E-state index is -3.04. The van der Waals surface area contributed by atoms with Crippen LogP contribution in [0.1, 0.15) is 23.2 Å². The van der Waals surface area contributed by atoms with Crippen molar-refractivity contribution in [3.63, 3.8) is 0 Å². The van der Waals surface area contributed by atoms with Gasteiger partial charge in [0, 0.05) is 23.8 Å². The molecule has 1 fully saturated rings. The standard InChI is InChI=1S/C13H17ClN2O3S/c1-15-12-5-4-9(14)7-11(12)13(17)16-10-3-2-6-20(18,19)8-10/h4-5,7,10,15H,2-3,6,8H2,1H3,(H,16,17). The molecule has 0 aliphatic carbocycles. The van der Waals surface area contributed by atoms with Crippen molar-refractivity contribution < 1.29 is 13.2 Å². The Bertz CT molecular complexity index is 616. The van der Waals surface area contributed by atoms with Gasteiger partial charge in [-0.3, -0.25) is 4.79 Å². The predicted molar refractivity (Wildman–Crippen MR) is 80.1 cm³/mol. The molecule has 2 N–H and O–H groups in total. The van der Waals surface area contributed by atoms with Crippen LogP contribution in [0.3, 0.4) is 0 Å². The Labute approximate surface area is 123 Å². The summed E-state index contributed by atoms with van der Waals surface area (Å²) in [6.07, 6.45) is 1.27. The van der Waals surface area contributed by atoms with Crippen LogP contribution in [-0.2, 0) is 9.84 Å². The van der Waals surface area contributed by atoms with E-state index in [1.165, 1.54) is 0 Å². The van der Waals surface area contributed by atoms with Gasteiger partial charge in [0.05, 0.1) is 17.1 Å². The Morgan fingerprint density at radius 2 is 2.15 bits per heavy atom. The highest BCUT2D eigenvalue weighted by molar-refractivity contribution is 7.91. The molecule has 0 bridgehead atoms. The van der Waals surface area contributed by atoms with Crippen molar-refractivity contribution in [3.8, 4) is 0 Å². The van der Waals surface area contributed by atoms with Crippen LogP contribution in [0.4, 0.5) is 5.69 Å². The molecule has 1 unspecified atom stereocenters. The van der Waals surface area contributed by atoms with E-state index in [2.05, 4.69) is 10.6 Å². The van der Waals surface area contributed by atoms with Crippen LogP contribution < -0.4 is 10.6 Å². The van der Waals surface area contributed by atoms with Gasteiger partial charge in [0.15, 0.2) is 9.84 Å². The van der Waals surface area contributed by atoms with Gasteiger partial charge in [-0.25, -0.2) is 8.42 Å². The van der Waals surface area contributed by atoms with Crippen molar-refractivity contribution in [2.24, 2.45) is 0 Å². The fraction of sp³-hybridized carbons (Fsp3) is 0.462. The van der Waals surface area contributed by atoms with E-state index >= 15 is 0 Å². The van der Waals surface area contributed by atoms with Gasteiger partial charge in [-0.15, -0.1) is 0 Å². The summed E-state index contributed by atoms with van der Waals surface area (Å²) in [7, 11) is -1.33. The first-order valence-corrected chi connectivity index (χ1v) is 8.60. The Balaban J connectivity index is 2.14. The third-order valence-electron chi connectivity index (χ3n) is 3.29. The number of nitrogens with one attached hydrogen (secondary N) is 2. The number of rotatable bonds is 3. The summed E-state index contributed by atoms with van der Waals surface area (Å²) >= 11 is 5.90. The zero-order valence-corrected chi connectivity index (χ0v) is 12.7. The third-order valence-corrected chi connectivity index (χ3v) is 5.35. The van der Waals surface area contributed by atoms with Crippen molar-refractivity contribution in [2.45, 2.75) is 18.9 Å². The molecule has 1 saturated heterocycles. The monoisotopic (exact) mass is 316 g/mol. The lowest BCUT2D eigenvalue weighted by molar-refractivity contribution is 0.0939. The summed E-state index contributed by atoms with van der Waals surface area (Å²) in [6, 6.07) is 4.65. The van der Waals surface area contributed by atoms with E-state index in [-0.39, 0.29) is 23.5 Å². The van der Waals surface area contributed by atoms with Crippen molar-refractivity contribution in [3.05, 3.63) is 28.8 Å². The first-order valence-electron chi connectivity index (χ1n) is 6.40. The summed E-state index contributed by atoms with van der Waals surface area (Å²) in [6.45, 7) is 0. The molecule has 0 spiro atoms. The smallest absolute Gasteiger partial charge is 0.253 e. The van der Waals surface area contributed by atoms with E-state index in [4.69, 9.17) is 11.6 Å². The van der Waals surface area contributed by atoms with Crippen LogP contribution in [0, 0.1) is 0 Å². The van der Waals surface area contributed by atoms with Crippen LogP contribution in [0.15, 0.2) is 18.2 Å². The SMILES string of the molecule is CNc1ccc(Cl)cc1C(=O)NC1CCCS(=O)(=O)C1. The van der Waals surface area contributed by atoms with E-state index < -0.39 is 9.84 Å². The fourth-order valence-electron chi connectivity index (χ4n) is 2.32. The maximum absolute atomic E-state index is 12.3. The minimum absolute atomic E-state index is 0.00813. The molecule has 2 rings (SSSR count). The number of benzene rings is 1. The highest BCUT2D eigenvalue weighted by Crippen LogP contribution is 2.21. The second-order valence-corrected chi connectivity index (χ2v) is 7.53. The summed E-state index contributed by atoms with van der Waals surface area (Å²) in [5, 5.41) is 6.16. The first kappa shape index (κ1) is 15.1. The molecule has 110 valence electrons. The van der Waals surface area contributed by atoms with Crippen LogP contribution >= 0.6 is 11.6 Å². The molecule has 1 heterocycles. The van der Waals surface area contributed by atoms with Crippen LogP contribution in [0.5, 0.6) is 0 Å². The quantitative estimate of drug-likeness (QED) is 0.890. The maximum Gasteiger partial charge on any atom is 0.253 e. The molecular formula is C13H17ClN2O3S. The molecule has 0 aromatic heterocycles. The molecule has 20 heavy (non-hydrogen) atoms. The molecule has 1 aromatic rings. The normalized spacial score (nSPS) is 21.2. The lowest BCUT2D eigenvalue weighted by atomic mass is 10.1. The zero-order chi connectivity index (χ0) is 14.8. The van der Waals surface area contributed by atoms with Crippen LogP contribution in [-0.4, -0.2) is 38.9 Å². The minimum Gasteiger partial charge on any atom is -0.387 e. The average molecular weight is 317 g/mol. The molecule has 0 radical (unpaired) electrons. The summed E-state index contributed by atoms with van der Waals surface area (Å²) in [4.78, 5) is 12.3. The van der Waals surface area contributed by atoms with E-state index in [0.29, 0.717) is 29.1 Å². The molecular weight excluding hydrogens is 300 g/mol. The van der Waals surface area contributed by atoms with E-state index in [1.54, 1.807) is 25.2 Å². The summed E-state index contributed by atoms with van der Waals surface area (Å²) in [5.41, 5.74) is 1.08. The Kier molecular flexibility index (Phi) is 4.55. The maximum atomic E-state index is 12.3. The number of hydrogen-bond donors (Lipinski definition) is 2. The number of amides is 1. The number of carbonyl (C=O) groups is 1. The number of sulfone groups is 1. The summed E-state index contributed by atoms with van der Waals surface area (Å²) < 4.78 is 23.1. The molecule has 1 aromatic carbocycles. The molecule has 1 aliphatic heterocycles. The van der Waals surface area contributed by atoms with Crippen LogP contribution in [0.2, 0.25) is 5.02 Å². The predicted octanol–water partition coefficient (Wildman–Crippen LogP) is 1.69. The Morgan fingerprint density at radius 1 is 1.40 bits per heavy atom. The van der Waals surface area contributed by atoms with Gasteiger partial charge in [-0.1, -0.05) is 11.6 Å². The third kappa shape index (κ3) is 3.64. The number of halogens is 1. The van der Waals surface area contributed by atoms with Gasteiger partial charge in [0.1, 0.15) is 0 Å². The zero-order valence-electron chi connectivity index (χ0n) is 11.1. The highest BCUT2D eigenvalue weighted by atomic mass is 35.5. The van der Waals surface area contributed by atoms with Crippen molar-refractivity contribution in [1.82, 2.24) is 5.32 Å². The van der Waals surface area contributed by atoms with E-state index in [0.717, 1.165) is 0 Å². The van der Waals surface area contributed by atoms with Gasteiger partial charge >= 0.3 is 0 Å². The second kappa shape index (κ2) is 6.01. The van der Waals surface area contributed by atoms with E-state index in [1.807, 2.05) is 0 Å². The molecule has 1 atom stereocenters. The van der Waals surface area contributed by atoms with Crippen molar-refractivity contribution in [2.75, 3.05) is 23.9 Å². The summed E-state index contributed by atoms with van der Waals surface area (Å²) in [5.74, 6) is -0.0918. The second-order valence-electron chi connectivity index (χ2n) is 4.87. The molecule has 0 saturated carbocycles. The number of hydrogen-bond acceptors (Lipinski definition) is 4. The largest absolute Gasteiger partial charge is 0.387 e. The molecule has 1 amide bonds. The Hall–Kier alpha value is -1.27. The van der Waals surface area contributed by atoms with Gasteiger partial charge in [-0.05, 0) is 31.0 Å². The molecule has 1 aliphatic rings. The van der Waals surface area contributed by atoms with Gasteiger partial charge in [0.25, 0.3) is 5.91 Å².